The van der Waals surface area contributed by atoms with Crippen molar-refractivity contribution >= 4 is 17.5 Å². The highest BCUT2D eigenvalue weighted by Gasteiger charge is 2.12. The number of hydrogen-bond acceptors (Lipinski definition) is 6. The van der Waals surface area contributed by atoms with Gasteiger partial charge in [-0.25, -0.2) is 5.48 Å². The van der Waals surface area contributed by atoms with Crippen LogP contribution in [0, 0.1) is 5.41 Å². The van der Waals surface area contributed by atoms with E-state index >= 15 is 0 Å². The first kappa shape index (κ1) is 17.2. The first-order valence-electron chi connectivity index (χ1n) is 7.12. The first-order chi connectivity index (χ1) is 11.5. The summed E-state index contributed by atoms with van der Waals surface area (Å²) in [6.07, 6.45) is 0.311. The number of nitrogens with zero attached hydrogens (tertiary/aromatic N) is 1. The molecular formula is C17H17N3O4. The van der Waals surface area contributed by atoms with Crippen LogP contribution in [0.25, 0.3) is 0 Å². The molecule has 0 aliphatic carbocycles. The molecule has 0 radical (unpaired) electrons. The molecule has 0 atom stereocenters. The van der Waals surface area contributed by atoms with E-state index in [4.69, 9.17) is 15.5 Å². The standard InChI is InChI=1S/C17H17N3O4/c1-11(13-7-8-15(21)14(10-13)17(22)19-23)20-24-16(18)9-12-5-3-2-4-6-12/h2-8,10,18,21,23H,9H2,1H3,(H,19,22)/b18-16?,20-11+. The van der Waals surface area contributed by atoms with E-state index in [9.17, 15) is 9.90 Å². The molecule has 124 valence electrons. The smallest absolute Gasteiger partial charge is 0.278 e. The van der Waals surface area contributed by atoms with Gasteiger partial charge in [0.1, 0.15) is 5.75 Å². The molecule has 0 aliphatic rings. The number of rotatable bonds is 5. The van der Waals surface area contributed by atoms with Gasteiger partial charge in [-0.2, -0.15) is 0 Å². The van der Waals surface area contributed by atoms with E-state index in [1.165, 1.54) is 17.6 Å². The third-order valence-corrected chi connectivity index (χ3v) is 3.26. The minimum Gasteiger partial charge on any atom is -0.507 e. The lowest BCUT2D eigenvalue weighted by Gasteiger charge is -2.07. The van der Waals surface area contributed by atoms with E-state index in [-0.39, 0.29) is 17.2 Å². The van der Waals surface area contributed by atoms with Crippen molar-refractivity contribution in [3.8, 4) is 5.75 Å². The van der Waals surface area contributed by atoms with E-state index in [0.717, 1.165) is 5.56 Å². The zero-order valence-electron chi connectivity index (χ0n) is 13.0. The number of carbonyl (C=O) groups excluding carboxylic acids is 1. The minimum atomic E-state index is -0.833. The Hall–Kier alpha value is -3.19. The van der Waals surface area contributed by atoms with Gasteiger partial charge >= 0.3 is 0 Å². The van der Waals surface area contributed by atoms with E-state index in [2.05, 4.69) is 5.16 Å². The van der Waals surface area contributed by atoms with Crippen LogP contribution in [0.4, 0.5) is 0 Å². The molecule has 24 heavy (non-hydrogen) atoms. The molecule has 7 nitrogen and oxygen atoms in total. The third kappa shape index (κ3) is 4.40. The molecule has 0 unspecified atom stereocenters. The highest BCUT2D eigenvalue weighted by molar-refractivity contribution is 6.03. The van der Waals surface area contributed by atoms with Crippen LogP contribution in [0.5, 0.6) is 5.75 Å². The summed E-state index contributed by atoms with van der Waals surface area (Å²) in [5.74, 6) is -1.12. The number of phenols is 1. The van der Waals surface area contributed by atoms with Crippen LogP contribution >= 0.6 is 0 Å². The average Bonchev–Trinajstić information content (AvgIpc) is 2.60. The fourth-order valence-corrected chi connectivity index (χ4v) is 1.99. The molecule has 0 saturated heterocycles. The maximum atomic E-state index is 11.5. The van der Waals surface area contributed by atoms with Crippen molar-refractivity contribution in [3.05, 3.63) is 65.2 Å². The molecule has 0 bridgehead atoms. The molecule has 0 spiro atoms. The van der Waals surface area contributed by atoms with Crippen molar-refractivity contribution in [1.29, 1.82) is 5.41 Å². The van der Waals surface area contributed by atoms with Gasteiger partial charge in [-0.3, -0.25) is 15.4 Å². The molecule has 7 heteroatoms. The lowest BCUT2D eigenvalue weighted by molar-refractivity contribution is 0.0703. The summed E-state index contributed by atoms with van der Waals surface area (Å²) in [6.45, 7) is 1.64. The number of hydrogen-bond donors (Lipinski definition) is 4. The summed E-state index contributed by atoms with van der Waals surface area (Å²) >= 11 is 0. The number of amides is 1. The van der Waals surface area contributed by atoms with Gasteiger partial charge in [-0.15, -0.1) is 0 Å². The highest BCUT2D eigenvalue weighted by atomic mass is 16.6. The van der Waals surface area contributed by atoms with Crippen LogP contribution in [0.15, 0.2) is 53.7 Å². The lowest BCUT2D eigenvalue weighted by Crippen LogP contribution is -2.19. The van der Waals surface area contributed by atoms with Gasteiger partial charge in [0.25, 0.3) is 5.91 Å². The fraction of sp³-hybridized carbons (Fsp3) is 0.118. The Kier molecular flexibility index (Phi) is 5.64. The topological polar surface area (TPSA) is 115 Å². The second-order valence-electron chi connectivity index (χ2n) is 5.03. The fourth-order valence-electron chi connectivity index (χ4n) is 1.99. The summed E-state index contributed by atoms with van der Waals surface area (Å²) < 4.78 is 0. The largest absolute Gasteiger partial charge is 0.507 e. The molecule has 1 amide bonds. The third-order valence-electron chi connectivity index (χ3n) is 3.26. The quantitative estimate of drug-likeness (QED) is 0.292. The van der Waals surface area contributed by atoms with Gasteiger partial charge in [0.15, 0.2) is 0 Å². The predicted octanol–water partition coefficient (Wildman–Crippen LogP) is 2.47. The zero-order chi connectivity index (χ0) is 17.5. The van der Waals surface area contributed by atoms with E-state index < -0.39 is 5.91 Å². The van der Waals surface area contributed by atoms with E-state index in [1.54, 1.807) is 13.0 Å². The Labute approximate surface area is 138 Å². The van der Waals surface area contributed by atoms with Crippen molar-refractivity contribution in [2.75, 3.05) is 0 Å². The first-order valence-corrected chi connectivity index (χ1v) is 7.12. The van der Waals surface area contributed by atoms with Gasteiger partial charge in [0.05, 0.1) is 17.7 Å². The Morgan fingerprint density at radius 1 is 1.25 bits per heavy atom. The van der Waals surface area contributed by atoms with Crippen molar-refractivity contribution in [1.82, 2.24) is 5.48 Å². The maximum absolute atomic E-state index is 11.5. The van der Waals surface area contributed by atoms with Crippen molar-refractivity contribution in [2.45, 2.75) is 13.3 Å². The van der Waals surface area contributed by atoms with E-state index in [0.29, 0.717) is 17.7 Å². The van der Waals surface area contributed by atoms with Crippen LogP contribution in [-0.2, 0) is 11.3 Å². The summed E-state index contributed by atoms with van der Waals surface area (Å²) in [4.78, 5) is 16.5. The Morgan fingerprint density at radius 2 is 1.96 bits per heavy atom. The minimum absolute atomic E-state index is 0.0207. The van der Waals surface area contributed by atoms with Crippen LogP contribution in [0.2, 0.25) is 0 Å². The van der Waals surface area contributed by atoms with E-state index in [1.807, 2.05) is 30.3 Å². The molecule has 0 fully saturated rings. The summed E-state index contributed by atoms with van der Waals surface area (Å²) in [7, 11) is 0. The summed E-state index contributed by atoms with van der Waals surface area (Å²) in [6, 6.07) is 13.6. The number of benzene rings is 2. The number of oxime groups is 1. The molecule has 0 saturated carbocycles. The van der Waals surface area contributed by atoms with Gasteiger partial charge in [-0.05, 0) is 30.7 Å². The Balaban J connectivity index is 2.08. The zero-order valence-corrected chi connectivity index (χ0v) is 13.0. The van der Waals surface area contributed by atoms with Crippen LogP contribution in [0.1, 0.15) is 28.4 Å². The molecule has 0 aromatic heterocycles. The van der Waals surface area contributed by atoms with Gasteiger partial charge in [-0.1, -0.05) is 35.5 Å². The van der Waals surface area contributed by atoms with Gasteiger partial charge < -0.3 is 9.94 Å². The van der Waals surface area contributed by atoms with Crippen LogP contribution < -0.4 is 5.48 Å². The molecule has 2 aromatic rings. The predicted molar refractivity (Wildman–Crippen MR) is 88.5 cm³/mol. The van der Waals surface area contributed by atoms with Crippen molar-refractivity contribution < 1.29 is 19.9 Å². The SMILES string of the molecule is C/C(=N\OC(=N)Cc1ccccc1)c1ccc(O)c(C(=O)NO)c1. The van der Waals surface area contributed by atoms with Crippen LogP contribution in [-0.4, -0.2) is 27.8 Å². The number of carbonyl (C=O) groups is 1. The monoisotopic (exact) mass is 327 g/mol. The van der Waals surface area contributed by atoms with Crippen LogP contribution in [0.3, 0.4) is 0 Å². The number of nitrogens with one attached hydrogen (secondary N) is 2. The molecule has 2 rings (SSSR count). The molecule has 4 N–H and O–H groups in total. The normalized spacial score (nSPS) is 11.0. The summed E-state index contributed by atoms with van der Waals surface area (Å²) in [5.41, 5.74) is 3.23. The highest BCUT2D eigenvalue weighted by Crippen LogP contribution is 2.19. The maximum Gasteiger partial charge on any atom is 0.278 e. The lowest BCUT2D eigenvalue weighted by atomic mass is 10.1. The second-order valence-corrected chi connectivity index (χ2v) is 5.03. The molecule has 2 aromatic carbocycles. The number of hydroxylamine groups is 1. The molecular weight excluding hydrogens is 310 g/mol. The van der Waals surface area contributed by atoms with Gasteiger partial charge in [0.2, 0.25) is 5.90 Å². The second kappa shape index (κ2) is 7.89. The molecule has 0 heterocycles. The number of phenolic OH excluding ortho intramolecular Hbond substituents is 1. The Bertz CT molecular complexity index is 773. The average molecular weight is 327 g/mol. The van der Waals surface area contributed by atoms with Crippen molar-refractivity contribution in [2.24, 2.45) is 5.16 Å². The van der Waals surface area contributed by atoms with Gasteiger partial charge in [0, 0.05) is 5.56 Å². The number of aromatic hydroxyl groups is 1. The Morgan fingerprint density at radius 3 is 2.62 bits per heavy atom. The van der Waals surface area contributed by atoms with Crippen molar-refractivity contribution in [3.63, 3.8) is 0 Å². The molecule has 0 aliphatic heterocycles. The summed E-state index contributed by atoms with van der Waals surface area (Å²) in [5, 5.41) is 29.9.